The van der Waals surface area contributed by atoms with E-state index in [-0.39, 0.29) is 5.75 Å². The molecule has 21 heavy (non-hydrogen) atoms. The summed E-state index contributed by atoms with van der Waals surface area (Å²) in [6.45, 7) is 0.504. The monoisotopic (exact) mass is 284 g/mol. The fraction of sp³-hybridized carbons (Fsp3) is 0.188. The number of para-hydroxylation sites is 3. The van der Waals surface area contributed by atoms with Crippen LogP contribution in [0.15, 0.2) is 42.5 Å². The molecule has 0 amide bonds. The number of aromatic amines is 1. The Balaban J connectivity index is 1.85. The zero-order valence-electron chi connectivity index (χ0n) is 12.1. The van der Waals surface area contributed by atoms with Crippen LogP contribution in [-0.4, -0.2) is 17.2 Å². The second-order valence-corrected chi connectivity index (χ2v) is 4.87. The molecule has 5 nitrogen and oxygen atoms in total. The van der Waals surface area contributed by atoms with Crippen molar-refractivity contribution in [2.75, 3.05) is 12.4 Å². The Bertz CT molecular complexity index is 780. The normalized spacial score (nSPS) is 10.8. The summed E-state index contributed by atoms with van der Waals surface area (Å²) >= 11 is 0. The summed E-state index contributed by atoms with van der Waals surface area (Å²) in [7, 11) is 3.54. The van der Waals surface area contributed by atoms with Crippen LogP contribution < -0.4 is 14.6 Å². The summed E-state index contributed by atoms with van der Waals surface area (Å²) in [4.78, 5) is 3.32. The molecule has 0 atom stereocenters. The number of methoxy groups -OCH3 is 1. The van der Waals surface area contributed by atoms with Gasteiger partial charge < -0.3 is 9.84 Å². The van der Waals surface area contributed by atoms with Gasteiger partial charge in [0.05, 0.1) is 20.7 Å². The highest BCUT2D eigenvalue weighted by Gasteiger charge is 2.15. The van der Waals surface area contributed by atoms with Crippen molar-refractivity contribution >= 4 is 17.0 Å². The van der Waals surface area contributed by atoms with Crippen molar-refractivity contribution in [2.24, 2.45) is 7.05 Å². The number of imidazole rings is 1. The average Bonchev–Trinajstić information content (AvgIpc) is 2.83. The van der Waals surface area contributed by atoms with Gasteiger partial charge in [-0.05, 0) is 18.2 Å². The van der Waals surface area contributed by atoms with Gasteiger partial charge in [-0.2, -0.15) is 0 Å². The molecule has 0 saturated carbocycles. The molecule has 0 saturated heterocycles. The predicted molar refractivity (Wildman–Crippen MR) is 81.5 cm³/mol. The lowest BCUT2D eigenvalue weighted by Crippen LogP contribution is -2.30. The molecule has 0 bridgehead atoms. The first-order valence-corrected chi connectivity index (χ1v) is 6.76. The molecule has 3 rings (SSSR count). The van der Waals surface area contributed by atoms with E-state index in [2.05, 4.69) is 16.4 Å². The van der Waals surface area contributed by atoms with Crippen molar-refractivity contribution in [1.29, 1.82) is 0 Å². The number of hydrogen-bond donors (Lipinski definition) is 3. The predicted octanol–water partition coefficient (Wildman–Crippen LogP) is 2.32. The van der Waals surface area contributed by atoms with Crippen LogP contribution >= 0.6 is 0 Å². The summed E-state index contributed by atoms with van der Waals surface area (Å²) in [5, 5.41) is 13.4. The summed E-state index contributed by atoms with van der Waals surface area (Å²) in [6.07, 6.45) is 0. The summed E-state index contributed by atoms with van der Waals surface area (Å²) < 4.78 is 7.17. The minimum Gasteiger partial charge on any atom is -0.504 e. The number of aryl methyl sites for hydroxylation is 1. The lowest BCUT2D eigenvalue weighted by molar-refractivity contribution is -0.630. The zero-order chi connectivity index (χ0) is 14.8. The molecule has 108 valence electrons. The number of fused-ring (bicyclic) bond motifs is 1. The molecule has 0 aliphatic heterocycles. The van der Waals surface area contributed by atoms with Gasteiger partial charge in [-0.15, -0.1) is 0 Å². The third-order valence-electron chi connectivity index (χ3n) is 3.60. The molecule has 1 heterocycles. The lowest BCUT2D eigenvalue weighted by Gasteiger charge is -2.07. The van der Waals surface area contributed by atoms with Crippen LogP contribution in [-0.2, 0) is 13.6 Å². The van der Waals surface area contributed by atoms with E-state index in [1.165, 1.54) is 0 Å². The Morgan fingerprint density at radius 1 is 1.19 bits per heavy atom. The molecule has 0 unspecified atom stereocenters. The standard InChI is InChI=1S/C16H17N3O2/c1-19-13-8-4-3-7-12(13)18-16(19)17-10-11-6-5-9-14(21-2)15(11)20/h3-9H,10H2,1-2H3,(H2,17,18,20)/p+1. The fourth-order valence-electron chi connectivity index (χ4n) is 2.42. The maximum Gasteiger partial charge on any atom is 0.356 e. The van der Waals surface area contributed by atoms with Crippen molar-refractivity contribution in [3.63, 3.8) is 0 Å². The Kier molecular flexibility index (Phi) is 3.39. The highest BCUT2D eigenvalue weighted by molar-refractivity contribution is 5.72. The maximum absolute atomic E-state index is 10.1. The van der Waals surface area contributed by atoms with E-state index in [1.54, 1.807) is 13.2 Å². The third-order valence-corrected chi connectivity index (χ3v) is 3.60. The van der Waals surface area contributed by atoms with Crippen LogP contribution in [0.25, 0.3) is 11.0 Å². The van der Waals surface area contributed by atoms with Gasteiger partial charge in [-0.25, -0.2) is 9.55 Å². The molecule has 0 aliphatic carbocycles. The van der Waals surface area contributed by atoms with E-state index < -0.39 is 0 Å². The van der Waals surface area contributed by atoms with Gasteiger partial charge in [0, 0.05) is 5.56 Å². The average molecular weight is 284 g/mol. The Morgan fingerprint density at radius 2 is 2.00 bits per heavy atom. The number of nitrogens with one attached hydrogen (secondary N) is 2. The molecule has 3 aromatic rings. The third kappa shape index (κ3) is 2.38. The highest BCUT2D eigenvalue weighted by atomic mass is 16.5. The number of H-pyrrole nitrogens is 1. The number of rotatable bonds is 4. The molecule has 0 fully saturated rings. The van der Waals surface area contributed by atoms with E-state index in [9.17, 15) is 5.11 Å². The number of ether oxygens (including phenoxy) is 1. The second kappa shape index (κ2) is 5.36. The SMILES string of the molecule is COc1cccc(CNc2[nH]c3ccccc3[n+]2C)c1O. The number of benzene rings is 2. The molecule has 5 heteroatoms. The van der Waals surface area contributed by atoms with E-state index in [4.69, 9.17) is 4.74 Å². The molecular formula is C16H18N3O2+. The van der Waals surface area contributed by atoms with Crippen LogP contribution in [0, 0.1) is 0 Å². The van der Waals surface area contributed by atoms with Crippen LogP contribution in [0.2, 0.25) is 0 Å². The van der Waals surface area contributed by atoms with Crippen LogP contribution in [0.3, 0.4) is 0 Å². The molecule has 2 aromatic carbocycles. The Hall–Kier alpha value is -2.69. The molecule has 0 radical (unpaired) electrons. The molecular weight excluding hydrogens is 266 g/mol. The number of hydrogen-bond acceptors (Lipinski definition) is 3. The van der Waals surface area contributed by atoms with Crippen LogP contribution in [0.4, 0.5) is 5.95 Å². The van der Waals surface area contributed by atoms with Gasteiger partial charge in [0.2, 0.25) is 0 Å². The maximum atomic E-state index is 10.1. The number of aromatic hydroxyl groups is 1. The van der Waals surface area contributed by atoms with E-state index in [0.717, 1.165) is 22.5 Å². The Labute approximate surface area is 122 Å². The molecule has 1 aromatic heterocycles. The Morgan fingerprint density at radius 3 is 2.76 bits per heavy atom. The molecule has 3 N–H and O–H groups in total. The van der Waals surface area contributed by atoms with Crippen molar-refractivity contribution in [2.45, 2.75) is 6.54 Å². The van der Waals surface area contributed by atoms with Crippen molar-refractivity contribution in [3.05, 3.63) is 48.0 Å². The molecule has 0 aliphatic rings. The van der Waals surface area contributed by atoms with Crippen molar-refractivity contribution in [3.8, 4) is 11.5 Å². The van der Waals surface area contributed by atoms with Gasteiger partial charge in [-0.3, -0.25) is 5.32 Å². The number of nitrogens with zero attached hydrogens (tertiary/aromatic N) is 1. The van der Waals surface area contributed by atoms with E-state index >= 15 is 0 Å². The largest absolute Gasteiger partial charge is 0.504 e. The zero-order valence-corrected chi connectivity index (χ0v) is 12.1. The first kappa shape index (κ1) is 13.3. The second-order valence-electron chi connectivity index (χ2n) is 4.87. The van der Waals surface area contributed by atoms with E-state index in [0.29, 0.717) is 12.3 Å². The van der Waals surface area contributed by atoms with Gasteiger partial charge in [0.25, 0.3) is 0 Å². The van der Waals surface area contributed by atoms with Gasteiger partial charge in [-0.1, -0.05) is 24.3 Å². The number of phenolic OH excluding ortho intramolecular Hbond substituents is 1. The number of phenols is 1. The van der Waals surface area contributed by atoms with Crippen molar-refractivity contribution < 1.29 is 14.4 Å². The van der Waals surface area contributed by atoms with Crippen molar-refractivity contribution in [1.82, 2.24) is 4.98 Å². The number of anilines is 1. The quantitative estimate of drug-likeness (QED) is 0.644. The van der Waals surface area contributed by atoms with Crippen LogP contribution in [0.1, 0.15) is 5.56 Å². The minimum atomic E-state index is 0.172. The first-order chi connectivity index (χ1) is 10.2. The van der Waals surface area contributed by atoms with Gasteiger partial charge in [0.15, 0.2) is 11.5 Å². The summed E-state index contributed by atoms with van der Waals surface area (Å²) in [6, 6.07) is 13.6. The molecule has 0 spiro atoms. The first-order valence-electron chi connectivity index (χ1n) is 6.76. The van der Waals surface area contributed by atoms with Crippen LogP contribution in [0.5, 0.6) is 11.5 Å². The topological polar surface area (TPSA) is 61.2 Å². The summed E-state index contributed by atoms with van der Waals surface area (Å²) in [5.74, 6) is 1.54. The fourth-order valence-corrected chi connectivity index (χ4v) is 2.42. The highest BCUT2D eigenvalue weighted by Crippen LogP contribution is 2.29. The van der Waals surface area contributed by atoms with Gasteiger partial charge >= 0.3 is 5.95 Å². The van der Waals surface area contributed by atoms with Gasteiger partial charge in [0.1, 0.15) is 11.0 Å². The smallest absolute Gasteiger partial charge is 0.356 e. The van der Waals surface area contributed by atoms with E-state index in [1.807, 2.05) is 41.9 Å². The number of aromatic nitrogens is 2. The lowest BCUT2D eigenvalue weighted by atomic mass is 10.2. The minimum absolute atomic E-state index is 0.172. The summed E-state index contributed by atoms with van der Waals surface area (Å²) in [5.41, 5.74) is 2.97.